The number of carbonyl (C=O) groups is 1. The van der Waals surface area contributed by atoms with Gasteiger partial charge in [-0.25, -0.2) is 0 Å². The number of likely N-dealkylation sites (N-methyl/N-ethyl adjacent to an activating group) is 1. The molecule has 2 rings (SSSR count). The first kappa shape index (κ1) is 12.0. The van der Waals surface area contributed by atoms with Crippen molar-refractivity contribution < 1.29 is 9.90 Å². The number of hydrogen-bond acceptors (Lipinski definition) is 3. The van der Waals surface area contributed by atoms with Gasteiger partial charge in [0.1, 0.15) is 0 Å². The van der Waals surface area contributed by atoms with Crippen LogP contribution in [-0.2, 0) is 4.79 Å². The number of aliphatic hydroxyl groups is 1. The first-order valence-corrected chi connectivity index (χ1v) is 6.08. The number of para-hydroxylation sites is 1. The third-order valence-corrected chi connectivity index (χ3v) is 3.55. The number of fused-ring (bicyclic) bond motifs is 1. The largest absolute Gasteiger partial charge is 0.392 e. The lowest BCUT2D eigenvalue weighted by atomic mass is 10.2. The third-order valence-electron chi connectivity index (χ3n) is 2.45. The fourth-order valence-electron chi connectivity index (χ4n) is 1.58. The van der Waals surface area contributed by atoms with Gasteiger partial charge in [-0.3, -0.25) is 4.79 Å². The fraction of sp³-hybridized carbons (Fsp3) is 0.154. The van der Waals surface area contributed by atoms with Crippen LogP contribution in [0.25, 0.3) is 0 Å². The van der Waals surface area contributed by atoms with Gasteiger partial charge in [-0.1, -0.05) is 36.0 Å². The van der Waals surface area contributed by atoms with Gasteiger partial charge in [-0.2, -0.15) is 0 Å². The van der Waals surface area contributed by atoms with E-state index in [1.54, 1.807) is 30.2 Å². The van der Waals surface area contributed by atoms with Crippen molar-refractivity contribution in [3.05, 3.63) is 47.4 Å². The number of benzene rings is 1. The minimum atomic E-state index is -0.0188. The van der Waals surface area contributed by atoms with Gasteiger partial charge in [0.25, 0.3) is 5.91 Å². The molecular formula is C13H13NO2S. The maximum atomic E-state index is 12.0. The van der Waals surface area contributed by atoms with E-state index in [0.717, 1.165) is 10.6 Å². The summed E-state index contributed by atoms with van der Waals surface area (Å²) in [5.74, 6) is -0.0173. The van der Waals surface area contributed by atoms with Crippen molar-refractivity contribution in [2.24, 2.45) is 0 Å². The van der Waals surface area contributed by atoms with Gasteiger partial charge in [0.15, 0.2) is 0 Å². The van der Waals surface area contributed by atoms with Crippen molar-refractivity contribution in [1.29, 1.82) is 0 Å². The molecule has 0 saturated heterocycles. The van der Waals surface area contributed by atoms with Gasteiger partial charge in [0, 0.05) is 11.9 Å². The standard InChI is InChI=1S/C13H13NO2S/c1-14-10-6-2-3-7-11(10)17-12(13(14)16)8-4-5-9-15/h2-8,15H,9H2,1H3/b5-4+,12-8+. The molecule has 0 aromatic heterocycles. The number of carbonyl (C=O) groups excluding carboxylic acids is 1. The molecule has 0 aliphatic carbocycles. The predicted molar refractivity (Wildman–Crippen MR) is 70.0 cm³/mol. The zero-order valence-corrected chi connectivity index (χ0v) is 10.3. The molecule has 3 nitrogen and oxygen atoms in total. The molecule has 0 bridgehead atoms. The number of anilines is 1. The lowest BCUT2D eigenvalue weighted by molar-refractivity contribution is -0.114. The van der Waals surface area contributed by atoms with Crippen molar-refractivity contribution in [3.63, 3.8) is 0 Å². The molecule has 0 unspecified atom stereocenters. The van der Waals surface area contributed by atoms with E-state index in [9.17, 15) is 4.79 Å². The maximum absolute atomic E-state index is 12.0. The van der Waals surface area contributed by atoms with Crippen LogP contribution in [0.2, 0.25) is 0 Å². The number of thioether (sulfide) groups is 1. The van der Waals surface area contributed by atoms with Crippen molar-refractivity contribution >= 4 is 23.4 Å². The van der Waals surface area contributed by atoms with Crippen LogP contribution in [0.5, 0.6) is 0 Å². The topological polar surface area (TPSA) is 40.5 Å². The number of rotatable bonds is 2. The molecule has 1 amide bonds. The van der Waals surface area contributed by atoms with E-state index in [1.807, 2.05) is 24.3 Å². The average molecular weight is 247 g/mol. The predicted octanol–water partition coefficient (Wildman–Crippen LogP) is 2.19. The Morgan fingerprint density at radius 1 is 1.41 bits per heavy atom. The van der Waals surface area contributed by atoms with Crippen LogP contribution in [0.1, 0.15) is 0 Å². The summed E-state index contributed by atoms with van der Waals surface area (Å²) < 4.78 is 0. The Hall–Kier alpha value is -1.52. The summed E-state index contributed by atoms with van der Waals surface area (Å²) in [6.07, 6.45) is 5.03. The Bertz CT molecular complexity index is 494. The summed E-state index contributed by atoms with van der Waals surface area (Å²) in [4.78, 5) is 15.4. The van der Waals surface area contributed by atoms with Gasteiger partial charge in [-0.05, 0) is 18.2 Å². The van der Waals surface area contributed by atoms with Crippen LogP contribution in [0, 0.1) is 0 Å². The van der Waals surface area contributed by atoms with Crippen LogP contribution >= 0.6 is 11.8 Å². The molecule has 17 heavy (non-hydrogen) atoms. The van der Waals surface area contributed by atoms with Crippen LogP contribution < -0.4 is 4.90 Å². The normalized spacial score (nSPS) is 17.9. The Morgan fingerprint density at radius 3 is 2.94 bits per heavy atom. The smallest absolute Gasteiger partial charge is 0.264 e. The molecule has 0 saturated carbocycles. The summed E-state index contributed by atoms with van der Waals surface area (Å²) in [6.45, 7) is -0.0188. The van der Waals surface area contributed by atoms with Crippen LogP contribution in [0.15, 0.2) is 52.3 Å². The minimum absolute atomic E-state index is 0.0173. The summed E-state index contributed by atoms with van der Waals surface area (Å²) in [5.41, 5.74) is 0.936. The Balaban J connectivity index is 2.34. The Morgan fingerprint density at radius 2 is 2.18 bits per heavy atom. The Kier molecular flexibility index (Phi) is 3.66. The minimum Gasteiger partial charge on any atom is -0.392 e. The highest BCUT2D eigenvalue weighted by Gasteiger charge is 2.25. The van der Waals surface area contributed by atoms with Crippen LogP contribution in [0.4, 0.5) is 5.69 Å². The van der Waals surface area contributed by atoms with E-state index < -0.39 is 0 Å². The first-order valence-electron chi connectivity index (χ1n) is 5.26. The molecule has 1 aromatic carbocycles. The van der Waals surface area contributed by atoms with Crippen molar-refractivity contribution in [2.45, 2.75) is 4.90 Å². The summed E-state index contributed by atoms with van der Waals surface area (Å²) in [6, 6.07) is 7.80. The number of nitrogens with zero attached hydrogens (tertiary/aromatic N) is 1. The molecule has 0 fully saturated rings. The molecule has 0 spiro atoms. The lowest BCUT2D eigenvalue weighted by Crippen LogP contribution is -2.29. The van der Waals surface area contributed by atoms with E-state index in [1.165, 1.54) is 11.8 Å². The average Bonchev–Trinajstić information content (AvgIpc) is 2.35. The maximum Gasteiger partial charge on any atom is 0.264 e. The van der Waals surface area contributed by atoms with Crippen molar-refractivity contribution in [3.8, 4) is 0 Å². The molecule has 1 aromatic rings. The molecular weight excluding hydrogens is 234 g/mol. The quantitative estimate of drug-likeness (QED) is 0.814. The van der Waals surface area contributed by atoms with Crippen molar-refractivity contribution in [2.75, 3.05) is 18.6 Å². The van der Waals surface area contributed by atoms with Crippen LogP contribution in [0.3, 0.4) is 0 Å². The third kappa shape index (κ3) is 2.43. The number of hydrogen-bond donors (Lipinski definition) is 1. The highest BCUT2D eigenvalue weighted by atomic mass is 32.2. The molecule has 1 heterocycles. The first-order chi connectivity index (χ1) is 8.24. The van der Waals surface area contributed by atoms with E-state index in [4.69, 9.17) is 5.11 Å². The monoisotopic (exact) mass is 247 g/mol. The molecule has 1 aliphatic heterocycles. The number of amides is 1. The van der Waals surface area contributed by atoms with Crippen molar-refractivity contribution in [1.82, 2.24) is 0 Å². The van der Waals surface area contributed by atoms with Gasteiger partial charge in [0.05, 0.1) is 17.2 Å². The van der Waals surface area contributed by atoms with E-state index in [-0.39, 0.29) is 12.5 Å². The van der Waals surface area contributed by atoms with E-state index in [2.05, 4.69) is 0 Å². The number of aliphatic hydroxyl groups excluding tert-OH is 1. The fourth-order valence-corrected chi connectivity index (χ4v) is 2.64. The highest BCUT2D eigenvalue weighted by molar-refractivity contribution is 8.04. The summed E-state index contributed by atoms with van der Waals surface area (Å²) >= 11 is 1.46. The zero-order valence-electron chi connectivity index (χ0n) is 9.46. The molecule has 88 valence electrons. The molecule has 0 radical (unpaired) electrons. The molecule has 1 aliphatic rings. The lowest BCUT2D eigenvalue weighted by Gasteiger charge is -2.26. The molecule has 1 N–H and O–H groups in total. The van der Waals surface area contributed by atoms with Gasteiger partial charge in [-0.15, -0.1) is 0 Å². The zero-order chi connectivity index (χ0) is 12.3. The second-order valence-electron chi connectivity index (χ2n) is 3.58. The van der Waals surface area contributed by atoms with Gasteiger partial charge in [0.2, 0.25) is 0 Å². The van der Waals surface area contributed by atoms with E-state index in [0.29, 0.717) is 4.91 Å². The second kappa shape index (κ2) is 5.21. The second-order valence-corrected chi connectivity index (χ2v) is 4.66. The van der Waals surface area contributed by atoms with Gasteiger partial charge >= 0.3 is 0 Å². The molecule has 0 atom stereocenters. The van der Waals surface area contributed by atoms with Crippen LogP contribution in [-0.4, -0.2) is 24.7 Å². The molecule has 4 heteroatoms. The SMILES string of the molecule is CN1C(=O)/C(=C\C=C\CO)Sc2ccccc21. The number of allylic oxidation sites excluding steroid dienone is 2. The highest BCUT2D eigenvalue weighted by Crippen LogP contribution is 2.40. The van der Waals surface area contributed by atoms with Gasteiger partial charge < -0.3 is 10.0 Å². The summed E-state index contributed by atoms with van der Waals surface area (Å²) in [7, 11) is 1.77. The summed E-state index contributed by atoms with van der Waals surface area (Å²) in [5, 5.41) is 8.65. The Labute approximate surface area is 104 Å². The van der Waals surface area contributed by atoms with E-state index >= 15 is 0 Å².